The number of nitrogens with zero attached hydrogens (tertiary/aromatic N) is 3. The maximum atomic E-state index is 5.09. The van der Waals surface area contributed by atoms with Crippen molar-refractivity contribution in [1.29, 1.82) is 0 Å². The largest absolute Gasteiger partial charge is 0.472 e. The third kappa shape index (κ3) is 2.31. The van der Waals surface area contributed by atoms with E-state index in [4.69, 9.17) is 4.42 Å². The minimum absolute atomic E-state index is 0.751. The first-order chi connectivity index (χ1) is 10.4. The minimum Gasteiger partial charge on any atom is -0.472 e. The van der Waals surface area contributed by atoms with E-state index in [-0.39, 0.29) is 0 Å². The Kier molecular flexibility index (Phi) is 2.78. The molecule has 0 saturated carbocycles. The van der Waals surface area contributed by atoms with E-state index in [9.17, 15) is 0 Å². The van der Waals surface area contributed by atoms with Gasteiger partial charge in [0.25, 0.3) is 0 Å². The van der Waals surface area contributed by atoms with Crippen molar-refractivity contribution in [3.8, 4) is 11.3 Å². The van der Waals surface area contributed by atoms with Gasteiger partial charge in [0.1, 0.15) is 0 Å². The first-order valence-corrected chi connectivity index (χ1v) is 6.80. The minimum atomic E-state index is 0.751. The van der Waals surface area contributed by atoms with Gasteiger partial charge in [-0.25, -0.2) is 9.50 Å². The van der Waals surface area contributed by atoms with Crippen LogP contribution in [0.15, 0.2) is 71.7 Å². The van der Waals surface area contributed by atoms with Gasteiger partial charge in [-0.05, 0) is 23.8 Å². The second-order valence-corrected chi connectivity index (χ2v) is 4.93. The number of imidazole rings is 1. The third-order valence-electron chi connectivity index (χ3n) is 3.40. The van der Waals surface area contributed by atoms with Crippen LogP contribution in [-0.2, 0) is 6.42 Å². The van der Waals surface area contributed by atoms with E-state index in [0.717, 1.165) is 34.6 Å². The molecule has 3 heterocycles. The first kappa shape index (κ1) is 11.9. The number of furan rings is 1. The Labute approximate surface area is 121 Å². The maximum Gasteiger partial charge on any atom is 0.153 e. The van der Waals surface area contributed by atoms with Crippen LogP contribution in [0.2, 0.25) is 0 Å². The predicted molar refractivity (Wildman–Crippen MR) is 79.9 cm³/mol. The lowest BCUT2D eigenvalue weighted by Gasteiger charge is -2.00. The molecule has 0 aliphatic heterocycles. The summed E-state index contributed by atoms with van der Waals surface area (Å²) in [6, 6.07) is 16.1. The molecule has 1 aromatic carbocycles. The van der Waals surface area contributed by atoms with E-state index in [1.165, 1.54) is 0 Å². The van der Waals surface area contributed by atoms with Gasteiger partial charge in [0.2, 0.25) is 0 Å². The lowest BCUT2D eigenvalue weighted by Crippen LogP contribution is -1.92. The standard InChI is InChI=1S/C17H13N3O/c1-2-4-14(5-3-1)16-6-7-17-18-15(11-20(17)19-16)10-13-8-9-21-12-13/h1-9,11-12H,10H2. The zero-order valence-corrected chi connectivity index (χ0v) is 11.3. The van der Waals surface area contributed by atoms with Crippen LogP contribution in [0.25, 0.3) is 16.9 Å². The molecular weight excluding hydrogens is 262 g/mol. The summed E-state index contributed by atoms with van der Waals surface area (Å²) < 4.78 is 6.92. The fourth-order valence-corrected chi connectivity index (χ4v) is 2.38. The molecule has 4 nitrogen and oxygen atoms in total. The van der Waals surface area contributed by atoms with Gasteiger partial charge in [0.05, 0.1) is 30.1 Å². The second kappa shape index (κ2) is 4.90. The van der Waals surface area contributed by atoms with Gasteiger partial charge < -0.3 is 4.42 Å². The predicted octanol–water partition coefficient (Wildman–Crippen LogP) is 3.58. The Morgan fingerprint density at radius 3 is 2.71 bits per heavy atom. The monoisotopic (exact) mass is 275 g/mol. The van der Waals surface area contributed by atoms with Crippen LogP contribution in [-0.4, -0.2) is 14.6 Å². The summed E-state index contributed by atoms with van der Waals surface area (Å²) in [6.45, 7) is 0. The van der Waals surface area contributed by atoms with Gasteiger partial charge in [-0.1, -0.05) is 30.3 Å². The van der Waals surface area contributed by atoms with Crippen LogP contribution in [0.5, 0.6) is 0 Å². The van der Waals surface area contributed by atoms with E-state index in [0.29, 0.717) is 0 Å². The molecule has 102 valence electrons. The first-order valence-electron chi connectivity index (χ1n) is 6.80. The number of hydrogen-bond acceptors (Lipinski definition) is 3. The van der Waals surface area contributed by atoms with Crippen molar-refractivity contribution in [1.82, 2.24) is 14.6 Å². The van der Waals surface area contributed by atoms with E-state index < -0.39 is 0 Å². The highest BCUT2D eigenvalue weighted by Gasteiger charge is 2.06. The molecule has 0 radical (unpaired) electrons. The van der Waals surface area contributed by atoms with Crippen molar-refractivity contribution in [3.63, 3.8) is 0 Å². The van der Waals surface area contributed by atoms with Crippen molar-refractivity contribution in [3.05, 3.63) is 78.5 Å². The summed E-state index contributed by atoms with van der Waals surface area (Å²) in [5.41, 5.74) is 4.99. The van der Waals surface area contributed by atoms with Gasteiger partial charge in [0, 0.05) is 12.0 Å². The molecule has 0 aliphatic carbocycles. The van der Waals surface area contributed by atoms with Gasteiger partial charge in [-0.2, -0.15) is 5.10 Å². The van der Waals surface area contributed by atoms with Crippen LogP contribution in [0.3, 0.4) is 0 Å². The quantitative estimate of drug-likeness (QED) is 0.574. The molecule has 0 atom stereocenters. The van der Waals surface area contributed by atoms with E-state index >= 15 is 0 Å². The maximum absolute atomic E-state index is 5.09. The molecule has 4 heteroatoms. The highest BCUT2D eigenvalue weighted by atomic mass is 16.3. The smallest absolute Gasteiger partial charge is 0.153 e. The van der Waals surface area contributed by atoms with Crippen LogP contribution in [0.1, 0.15) is 11.3 Å². The summed E-state index contributed by atoms with van der Waals surface area (Å²) in [6.07, 6.45) is 6.14. The van der Waals surface area contributed by atoms with E-state index in [2.05, 4.69) is 22.2 Å². The number of fused-ring (bicyclic) bond motifs is 1. The number of aromatic nitrogens is 3. The molecular formula is C17H13N3O. The summed E-state index contributed by atoms with van der Waals surface area (Å²) in [4.78, 5) is 4.58. The average Bonchev–Trinajstić information content (AvgIpc) is 3.16. The lowest BCUT2D eigenvalue weighted by atomic mass is 10.1. The van der Waals surface area contributed by atoms with Crippen molar-refractivity contribution >= 4 is 5.65 Å². The molecule has 0 spiro atoms. The SMILES string of the molecule is c1ccc(-c2ccc3nc(Cc4ccoc4)cn3n2)cc1. The molecule has 0 fully saturated rings. The third-order valence-corrected chi connectivity index (χ3v) is 3.40. The van der Waals surface area contributed by atoms with Crippen LogP contribution in [0, 0.1) is 0 Å². The Bertz CT molecular complexity index is 864. The lowest BCUT2D eigenvalue weighted by molar-refractivity contribution is 0.564. The normalized spacial score (nSPS) is 11.0. The zero-order valence-electron chi connectivity index (χ0n) is 11.3. The molecule has 21 heavy (non-hydrogen) atoms. The Morgan fingerprint density at radius 1 is 1.00 bits per heavy atom. The Balaban J connectivity index is 1.71. The molecule has 0 bridgehead atoms. The molecule has 0 aliphatic rings. The van der Waals surface area contributed by atoms with Crippen molar-refractivity contribution in [2.24, 2.45) is 0 Å². The summed E-state index contributed by atoms with van der Waals surface area (Å²) >= 11 is 0. The van der Waals surface area contributed by atoms with Crippen molar-refractivity contribution in [2.75, 3.05) is 0 Å². The van der Waals surface area contributed by atoms with Crippen molar-refractivity contribution in [2.45, 2.75) is 6.42 Å². The number of hydrogen-bond donors (Lipinski definition) is 0. The number of rotatable bonds is 3. The summed E-state index contributed by atoms with van der Waals surface area (Å²) in [5, 5.41) is 4.63. The van der Waals surface area contributed by atoms with Gasteiger partial charge in [-0.15, -0.1) is 0 Å². The molecule has 0 saturated heterocycles. The fourth-order valence-electron chi connectivity index (χ4n) is 2.38. The van der Waals surface area contributed by atoms with Crippen molar-refractivity contribution < 1.29 is 4.42 Å². The van der Waals surface area contributed by atoms with Gasteiger partial charge >= 0.3 is 0 Å². The molecule has 4 aromatic rings. The van der Waals surface area contributed by atoms with Gasteiger partial charge in [0.15, 0.2) is 5.65 Å². The Morgan fingerprint density at radius 2 is 1.90 bits per heavy atom. The highest BCUT2D eigenvalue weighted by Crippen LogP contribution is 2.17. The Hall–Kier alpha value is -2.88. The molecule has 0 N–H and O–H groups in total. The van der Waals surface area contributed by atoms with E-state index in [1.54, 1.807) is 12.5 Å². The number of benzene rings is 1. The van der Waals surface area contributed by atoms with E-state index in [1.807, 2.05) is 47.1 Å². The molecule has 0 unspecified atom stereocenters. The topological polar surface area (TPSA) is 43.3 Å². The zero-order chi connectivity index (χ0) is 14.1. The molecule has 3 aromatic heterocycles. The fraction of sp³-hybridized carbons (Fsp3) is 0.0588. The van der Waals surface area contributed by atoms with Crippen LogP contribution >= 0.6 is 0 Å². The molecule has 4 rings (SSSR count). The highest BCUT2D eigenvalue weighted by molar-refractivity contribution is 5.60. The summed E-state index contributed by atoms with van der Waals surface area (Å²) in [7, 11) is 0. The van der Waals surface area contributed by atoms with Gasteiger partial charge in [-0.3, -0.25) is 0 Å². The van der Waals surface area contributed by atoms with Crippen LogP contribution < -0.4 is 0 Å². The summed E-state index contributed by atoms with van der Waals surface area (Å²) in [5.74, 6) is 0. The average molecular weight is 275 g/mol. The van der Waals surface area contributed by atoms with Crippen LogP contribution in [0.4, 0.5) is 0 Å². The molecule has 0 amide bonds. The second-order valence-electron chi connectivity index (χ2n) is 4.93.